The molecule has 0 bridgehead atoms. The highest BCUT2D eigenvalue weighted by atomic mass is 15.3. The summed E-state index contributed by atoms with van der Waals surface area (Å²) >= 11 is 0. The number of imidazole rings is 1. The molecule has 0 aliphatic heterocycles. The van der Waals surface area contributed by atoms with Gasteiger partial charge in [-0.1, -0.05) is 31.4 Å². The van der Waals surface area contributed by atoms with E-state index in [0.717, 1.165) is 39.2 Å². The summed E-state index contributed by atoms with van der Waals surface area (Å²) in [6, 6.07) is 15.4. The molecule has 7 rings (SSSR count). The molecular formula is C27H27N7. The normalized spacial score (nSPS) is 16.9. The number of nitrogens with zero attached hydrogens (tertiary/aromatic N) is 6. The molecule has 2 aliphatic rings. The molecule has 0 saturated heterocycles. The van der Waals surface area contributed by atoms with E-state index in [1.807, 2.05) is 12.7 Å². The molecule has 1 N–H and O–H groups in total. The molecule has 5 aromatic rings. The Bertz CT molecular complexity index is 1460. The van der Waals surface area contributed by atoms with Gasteiger partial charge in [0.2, 0.25) is 0 Å². The lowest BCUT2D eigenvalue weighted by molar-refractivity contribution is 0.355. The zero-order valence-corrected chi connectivity index (χ0v) is 19.1. The van der Waals surface area contributed by atoms with Gasteiger partial charge in [-0.3, -0.25) is 5.10 Å². The van der Waals surface area contributed by atoms with Gasteiger partial charge in [-0.05, 0) is 56.0 Å². The van der Waals surface area contributed by atoms with Crippen molar-refractivity contribution in [1.29, 1.82) is 0 Å². The first-order chi connectivity index (χ1) is 16.8. The Balaban J connectivity index is 1.26. The second-order valence-corrected chi connectivity index (χ2v) is 9.72. The number of aromatic nitrogens is 7. The van der Waals surface area contributed by atoms with Crippen LogP contribution in [0.3, 0.4) is 0 Å². The van der Waals surface area contributed by atoms with Crippen molar-refractivity contribution in [3.63, 3.8) is 0 Å². The monoisotopic (exact) mass is 449 g/mol. The number of fused-ring (bicyclic) bond motifs is 1. The molecule has 0 spiro atoms. The number of hydrogen-bond acceptors (Lipinski definition) is 4. The van der Waals surface area contributed by atoms with Gasteiger partial charge in [0.05, 0.1) is 23.2 Å². The second-order valence-electron chi connectivity index (χ2n) is 9.72. The highest BCUT2D eigenvalue weighted by Gasteiger charge is 2.26. The summed E-state index contributed by atoms with van der Waals surface area (Å²) in [5.41, 5.74) is 6.43. The summed E-state index contributed by atoms with van der Waals surface area (Å²) in [6.45, 7) is 0. The van der Waals surface area contributed by atoms with E-state index < -0.39 is 0 Å². The van der Waals surface area contributed by atoms with Crippen molar-refractivity contribution in [2.45, 2.75) is 56.9 Å². The molecule has 3 aromatic heterocycles. The molecule has 2 aliphatic carbocycles. The number of benzene rings is 2. The van der Waals surface area contributed by atoms with E-state index in [-0.39, 0.29) is 0 Å². The van der Waals surface area contributed by atoms with E-state index in [4.69, 9.17) is 0 Å². The van der Waals surface area contributed by atoms with Crippen LogP contribution < -0.4 is 0 Å². The van der Waals surface area contributed by atoms with Crippen LogP contribution in [-0.2, 0) is 0 Å². The van der Waals surface area contributed by atoms with Gasteiger partial charge in [0, 0.05) is 40.4 Å². The van der Waals surface area contributed by atoms with Gasteiger partial charge in [-0.15, -0.1) is 10.2 Å². The van der Waals surface area contributed by atoms with Crippen LogP contribution >= 0.6 is 0 Å². The summed E-state index contributed by atoms with van der Waals surface area (Å²) in [6.07, 6.45) is 14.8. The molecule has 7 heteroatoms. The van der Waals surface area contributed by atoms with Crippen molar-refractivity contribution >= 4 is 10.9 Å². The highest BCUT2D eigenvalue weighted by Crippen LogP contribution is 2.39. The van der Waals surface area contributed by atoms with Gasteiger partial charge in [-0.2, -0.15) is 5.10 Å². The smallest absolute Gasteiger partial charge is 0.164 e. The first-order valence-corrected chi connectivity index (χ1v) is 12.4. The lowest BCUT2D eigenvalue weighted by Gasteiger charge is -2.24. The Morgan fingerprint density at radius 3 is 2.68 bits per heavy atom. The molecule has 0 radical (unpaired) electrons. The highest BCUT2D eigenvalue weighted by molar-refractivity contribution is 5.95. The number of aromatic amines is 1. The first kappa shape index (κ1) is 19.7. The van der Waals surface area contributed by atoms with Crippen molar-refractivity contribution in [3.05, 3.63) is 67.0 Å². The maximum atomic E-state index is 4.69. The quantitative estimate of drug-likeness (QED) is 0.354. The number of hydrogen-bond donors (Lipinski definition) is 1. The fourth-order valence-electron chi connectivity index (χ4n) is 5.33. The number of H-pyrrole nitrogens is 1. The summed E-state index contributed by atoms with van der Waals surface area (Å²) in [4.78, 5) is 4.61. The van der Waals surface area contributed by atoms with E-state index in [1.54, 1.807) is 0 Å². The number of nitrogens with one attached hydrogen (secondary N) is 1. The van der Waals surface area contributed by atoms with Crippen LogP contribution in [-0.4, -0.2) is 34.5 Å². The Kier molecular flexibility index (Phi) is 4.60. The van der Waals surface area contributed by atoms with E-state index in [9.17, 15) is 0 Å². The minimum atomic E-state index is 0.491. The average molecular weight is 450 g/mol. The first-order valence-electron chi connectivity index (χ1n) is 12.4. The zero-order valence-electron chi connectivity index (χ0n) is 19.1. The molecule has 7 nitrogen and oxygen atoms in total. The van der Waals surface area contributed by atoms with Crippen LogP contribution in [0.25, 0.3) is 39.2 Å². The fraction of sp³-hybridized carbons (Fsp3) is 0.333. The molecule has 0 amide bonds. The minimum Gasteiger partial charge on any atom is -0.310 e. The minimum absolute atomic E-state index is 0.491. The molecule has 0 unspecified atom stereocenters. The van der Waals surface area contributed by atoms with Crippen LogP contribution in [0.4, 0.5) is 0 Å². The van der Waals surface area contributed by atoms with Gasteiger partial charge < -0.3 is 9.13 Å². The summed E-state index contributed by atoms with van der Waals surface area (Å²) in [7, 11) is 0. The average Bonchev–Trinajstić information content (AvgIpc) is 3.28. The topological polar surface area (TPSA) is 77.2 Å². The number of rotatable bonds is 5. The van der Waals surface area contributed by atoms with Gasteiger partial charge in [0.25, 0.3) is 0 Å². The molecule has 3 heterocycles. The maximum Gasteiger partial charge on any atom is 0.164 e. The molecule has 2 aromatic carbocycles. The van der Waals surface area contributed by atoms with E-state index >= 15 is 0 Å². The van der Waals surface area contributed by atoms with Crippen LogP contribution in [0, 0.1) is 0 Å². The fourth-order valence-corrected chi connectivity index (χ4v) is 5.33. The molecule has 0 atom stereocenters. The van der Waals surface area contributed by atoms with Gasteiger partial charge in [-0.25, -0.2) is 4.98 Å². The van der Waals surface area contributed by atoms with Gasteiger partial charge >= 0.3 is 0 Å². The van der Waals surface area contributed by atoms with Crippen LogP contribution in [0.5, 0.6) is 0 Å². The van der Waals surface area contributed by atoms with Crippen molar-refractivity contribution in [2.24, 2.45) is 0 Å². The summed E-state index contributed by atoms with van der Waals surface area (Å²) < 4.78 is 4.39. The molecule has 170 valence electrons. The third kappa shape index (κ3) is 3.43. The SMILES string of the molecule is c1cc(-c2n[nH]c3ccc(-c4nncn4C4CCCCC4)cc23)cc(-n2cnc(C3CC3)c2)c1. The van der Waals surface area contributed by atoms with Crippen molar-refractivity contribution in [1.82, 2.24) is 34.5 Å². The second kappa shape index (κ2) is 7.94. The molecule has 34 heavy (non-hydrogen) atoms. The van der Waals surface area contributed by atoms with E-state index in [0.29, 0.717) is 12.0 Å². The van der Waals surface area contributed by atoms with Crippen molar-refractivity contribution in [2.75, 3.05) is 0 Å². The third-order valence-corrected chi connectivity index (χ3v) is 7.38. The van der Waals surface area contributed by atoms with Crippen LogP contribution in [0.2, 0.25) is 0 Å². The standard InChI is InChI=1S/C27H27N7/c1-2-6-21(7-3-1)34-17-29-32-27(34)20-11-12-24-23(14-20)26(31-30-24)19-5-4-8-22(13-19)33-15-25(28-16-33)18-9-10-18/h4-5,8,11-18,21H,1-3,6-7,9-10H2,(H,30,31). The Morgan fingerprint density at radius 2 is 1.79 bits per heavy atom. The maximum absolute atomic E-state index is 4.69. The molecular weight excluding hydrogens is 422 g/mol. The van der Waals surface area contributed by atoms with E-state index in [2.05, 4.69) is 83.2 Å². The Hall–Kier alpha value is -3.74. The third-order valence-electron chi connectivity index (χ3n) is 7.38. The lowest BCUT2D eigenvalue weighted by Crippen LogP contribution is -2.13. The predicted octanol–water partition coefficient (Wildman–Crippen LogP) is 6.06. The van der Waals surface area contributed by atoms with Crippen LogP contribution in [0.15, 0.2) is 61.3 Å². The summed E-state index contributed by atoms with van der Waals surface area (Å²) in [5.74, 6) is 1.59. The van der Waals surface area contributed by atoms with Gasteiger partial charge in [0.15, 0.2) is 5.82 Å². The Labute approximate surface area is 197 Å². The van der Waals surface area contributed by atoms with Crippen molar-refractivity contribution in [3.8, 4) is 28.3 Å². The Morgan fingerprint density at radius 1 is 0.882 bits per heavy atom. The predicted molar refractivity (Wildman–Crippen MR) is 132 cm³/mol. The van der Waals surface area contributed by atoms with E-state index in [1.165, 1.54) is 50.6 Å². The zero-order chi connectivity index (χ0) is 22.5. The molecule has 2 fully saturated rings. The lowest BCUT2D eigenvalue weighted by atomic mass is 9.95. The molecule has 2 saturated carbocycles. The van der Waals surface area contributed by atoms with Crippen LogP contribution in [0.1, 0.15) is 62.6 Å². The van der Waals surface area contributed by atoms with Crippen molar-refractivity contribution < 1.29 is 0 Å². The summed E-state index contributed by atoms with van der Waals surface area (Å²) in [5, 5.41) is 17.8. The van der Waals surface area contributed by atoms with Gasteiger partial charge in [0.1, 0.15) is 6.33 Å². The largest absolute Gasteiger partial charge is 0.310 e.